The maximum Gasteiger partial charge on any atom is 0.316 e. The fourth-order valence-electron chi connectivity index (χ4n) is 2.11. The van der Waals surface area contributed by atoms with Crippen molar-refractivity contribution in [2.45, 2.75) is 31.9 Å². The minimum atomic E-state index is -1.00. The van der Waals surface area contributed by atoms with Crippen LogP contribution in [0.2, 0.25) is 0 Å². The second-order valence-electron chi connectivity index (χ2n) is 4.13. The molecule has 3 unspecified atom stereocenters. The lowest BCUT2D eigenvalue weighted by molar-refractivity contribution is -0.147. The molecule has 0 aromatic rings. The summed E-state index contributed by atoms with van der Waals surface area (Å²) in [6.45, 7) is 3.22. The lowest BCUT2D eigenvalue weighted by Crippen LogP contribution is -2.37. The first kappa shape index (κ1) is 10.4. The molecule has 2 rings (SSSR count). The van der Waals surface area contributed by atoms with Crippen molar-refractivity contribution < 1.29 is 19.4 Å². The molecule has 2 fully saturated rings. The van der Waals surface area contributed by atoms with Crippen molar-refractivity contribution in [1.29, 1.82) is 0 Å². The van der Waals surface area contributed by atoms with Gasteiger partial charge in [0, 0.05) is 12.6 Å². The molecule has 3 atom stereocenters. The van der Waals surface area contributed by atoms with Gasteiger partial charge >= 0.3 is 5.97 Å². The fraction of sp³-hybridized carbons (Fsp3) is 0.800. The first-order valence-corrected chi connectivity index (χ1v) is 5.28. The number of rotatable bonds is 4. The van der Waals surface area contributed by atoms with Gasteiger partial charge in [0.15, 0.2) is 0 Å². The van der Waals surface area contributed by atoms with E-state index >= 15 is 0 Å². The molecule has 5 nitrogen and oxygen atoms in total. The second kappa shape index (κ2) is 3.81. The van der Waals surface area contributed by atoms with Crippen LogP contribution >= 0.6 is 0 Å². The largest absolute Gasteiger partial charge is 0.481 e. The van der Waals surface area contributed by atoms with Crippen molar-refractivity contribution in [2.24, 2.45) is 5.92 Å². The van der Waals surface area contributed by atoms with Crippen LogP contribution in [0.3, 0.4) is 0 Å². The molecule has 0 spiro atoms. The normalized spacial score (nSPS) is 34.6. The summed E-state index contributed by atoms with van der Waals surface area (Å²) in [7, 11) is 0. The topological polar surface area (TPSA) is 70.1 Å². The molecule has 0 radical (unpaired) electrons. The zero-order valence-electron chi connectivity index (χ0n) is 8.68. The molecule has 2 aliphatic rings. The number of aliphatic carboxylic acids is 1. The predicted molar refractivity (Wildman–Crippen MR) is 51.3 cm³/mol. The Morgan fingerprint density at radius 1 is 1.67 bits per heavy atom. The number of likely N-dealkylation sites (tertiary alicyclic amines) is 1. The Hall–Kier alpha value is -1.10. The van der Waals surface area contributed by atoms with Gasteiger partial charge < -0.3 is 14.7 Å². The van der Waals surface area contributed by atoms with Crippen molar-refractivity contribution >= 4 is 11.9 Å². The maximum atomic E-state index is 11.8. The van der Waals surface area contributed by atoms with E-state index < -0.39 is 11.9 Å². The third-order valence-corrected chi connectivity index (χ3v) is 3.10. The molecule has 0 saturated carbocycles. The summed E-state index contributed by atoms with van der Waals surface area (Å²) in [6.07, 6.45) is 1.38. The number of carbonyl (C=O) groups excluding carboxylic acids is 1. The third-order valence-electron chi connectivity index (χ3n) is 3.10. The van der Waals surface area contributed by atoms with Crippen LogP contribution in [0.15, 0.2) is 0 Å². The van der Waals surface area contributed by atoms with Crippen LogP contribution in [0.4, 0.5) is 0 Å². The van der Waals surface area contributed by atoms with Gasteiger partial charge in [0.25, 0.3) is 0 Å². The number of amides is 1. The highest BCUT2D eigenvalue weighted by molar-refractivity contribution is 5.98. The molecule has 1 amide bonds. The van der Waals surface area contributed by atoms with Gasteiger partial charge in [-0.15, -0.1) is 0 Å². The Balaban J connectivity index is 2.05. The molecule has 1 N–H and O–H groups in total. The molecule has 15 heavy (non-hydrogen) atoms. The van der Waals surface area contributed by atoms with Crippen molar-refractivity contribution in [3.63, 3.8) is 0 Å². The average molecular weight is 213 g/mol. The van der Waals surface area contributed by atoms with E-state index in [1.165, 1.54) is 0 Å². The minimum absolute atomic E-state index is 0.0720. The maximum absolute atomic E-state index is 11.8. The number of carboxylic acids is 1. The van der Waals surface area contributed by atoms with Crippen LogP contribution in [0.25, 0.3) is 0 Å². The molecular formula is C10H15NO4. The molecule has 0 bridgehead atoms. The van der Waals surface area contributed by atoms with E-state index in [4.69, 9.17) is 9.84 Å². The van der Waals surface area contributed by atoms with Crippen LogP contribution in [0.5, 0.6) is 0 Å². The van der Waals surface area contributed by atoms with E-state index in [-0.39, 0.29) is 18.1 Å². The minimum Gasteiger partial charge on any atom is -0.481 e. The van der Waals surface area contributed by atoms with E-state index in [0.717, 1.165) is 6.42 Å². The van der Waals surface area contributed by atoms with E-state index in [1.807, 2.05) is 6.92 Å². The van der Waals surface area contributed by atoms with Gasteiger partial charge in [-0.1, -0.05) is 6.92 Å². The summed E-state index contributed by atoms with van der Waals surface area (Å²) >= 11 is 0. The van der Waals surface area contributed by atoms with Crippen molar-refractivity contribution in [1.82, 2.24) is 4.90 Å². The Labute approximate surface area is 88.0 Å². The van der Waals surface area contributed by atoms with E-state index in [2.05, 4.69) is 0 Å². The van der Waals surface area contributed by atoms with Crippen molar-refractivity contribution in [3.05, 3.63) is 0 Å². The van der Waals surface area contributed by atoms with Crippen molar-refractivity contribution in [2.75, 3.05) is 13.2 Å². The summed E-state index contributed by atoms with van der Waals surface area (Å²) in [6, 6.07) is 0.0720. The van der Waals surface area contributed by atoms with Gasteiger partial charge in [-0.05, 0) is 12.8 Å². The highest BCUT2D eigenvalue weighted by Gasteiger charge is 2.44. The number of epoxide rings is 1. The number of nitrogens with zero attached hydrogens (tertiary/aromatic N) is 1. The lowest BCUT2D eigenvalue weighted by Gasteiger charge is -2.22. The van der Waals surface area contributed by atoms with Crippen LogP contribution < -0.4 is 0 Å². The van der Waals surface area contributed by atoms with E-state index in [1.54, 1.807) is 4.90 Å². The highest BCUT2D eigenvalue weighted by Crippen LogP contribution is 2.28. The Kier molecular flexibility index (Phi) is 2.65. The number of hydrogen-bond donors (Lipinski definition) is 1. The van der Waals surface area contributed by atoms with Gasteiger partial charge in [-0.2, -0.15) is 0 Å². The standard InChI is InChI=1S/C10H15NO4/c1-2-6-3-8(10(13)14)9(12)11(6)4-7-5-15-7/h6-8H,2-5H2,1H3,(H,13,14). The molecule has 5 heteroatoms. The molecule has 0 aliphatic carbocycles. The molecule has 2 saturated heterocycles. The lowest BCUT2D eigenvalue weighted by atomic mass is 10.0. The third kappa shape index (κ3) is 1.97. The van der Waals surface area contributed by atoms with E-state index in [9.17, 15) is 9.59 Å². The summed E-state index contributed by atoms with van der Waals surface area (Å²) in [5.74, 6) is -2.09. The molecule has 84 valence electrons. The zero-order chi connectivity index (χ0) is 11.0. The molecular weight excluding hydrogens is 198 g/mol. The first-order chi connectivity index (χ1) is 7.13. The Morgan fingerprint density at radius 3 is 2.80 bits per heavy atom. The Morgan fingerprint density at radius 2 is 2.33 bits per heavy atom. The molecule has 0 aromatic carbocycles. The smallest absolute Gasteiger partial charge is 0.316 e. The molecule has 0 aromatic heterocycles. The Bertz CT molecular complexity index is 287. The van der Waals surface area contributed by atoms with Gasteiger partial charge in [0.2, 0.25) is 5.91 Å². The van der Waals surface area contributed by atoms with Gasteiger partial charge in [0.1, 0.15) is 5.92 Å². The fourth-order valence-corrected chi connectivity index (χ4v) is 2.11. The highest BCUT2D eigenvalue weighted by atomic mass is 16.6. The summed E-state index contributed by atoms with van der Waals surface area (Å²) in [4.78, 5) is 24.3. The number of hydrogen-bond acceptors (Lipinski definition) is 3. The van der Waals surface area contributed by atoms with Crippen LogP contribution in [0.1, 0.15) is 19.8 Å². The van der Waals surface area contributed by atoms with Gasteiger partial charge in [-0.3, -0.25) is 9.59 Å². The zero-order valence-corrected chi connectivity index (χ0v) is 8.68. The van der Waals surface area contributed by atoms with Crippen LogP contribution in [-0.2, 0) is 14.3 Å². The SMILES string of the molecule is CCC1CC(C(=O)O)C(=O)N1CC1CO1. The predicted octanol–water partition coefficient (Wildman–Crippen LogP) is 0.0969. The van der Waals surface area contributed by atoms with Gasteiger partial charge in [0.05, 0.1) is 12.7 Å². The molecule has 2 heterocycles. The average Bonchev–Trinajstić information content (AvgIpc) is 2.93. The number of ether oxygens (including phenoxy) is 1. The first-order valence-electron chi connectivity index (χ1n) is 5.28. The quantitative estimate of drug-likeness (QED) is 0.531. The summed E-state index contributed by atoms with van der Waals surface area (Å²) in [5, 5.41) is 8.89. The van der Waals surface area contributed by atoms with E-state index in [0.29, 0.717) is 19.6 Å². The monoisotopic (exact) mass is 213 g/mol. The van der Waals surface area contributed by atoms with Gasteiger partial charge in [-0.25, -0.2) is 0 Å². The summed E-state index contributed by atoms with van der Waals surface area (Å²) in [5.41, 5.74) is 0. The second-order valence-corrected chi connectivity index (χ2v) is 4.13. The van der Waals surface area contributed by atoms with Crippen LogP contribution in [-0.4, -0.2) is 47.2 Å². The molecule has 2 aliphatic heterocycles. The van der Waals surface area contributed by atoms with Crippen molar-refractivity contribution in [3.8, 4) is 0 Å². The van der Waals surface area contributed by atoms with Crippen LogP contribution in [0, 0.1) is 5.92 Å². The summed E-state index contributed by atoms with van der Waals surface area (Å²) < 4.78 is 5.07. The number of carboxylic acid groups (broad SMARTS) is 1. The number of carbonyl (C=O) groups is 2.